The highest BCUT2D eigenvalue weighted by molar-refractivity contribution is 5.77. The van der Waals surface area contributed by atoms with Gasteiger partial charge in [0.2, 0.25) is 0 Å². The van der Waals surface area contributed by atoms with Gasteiger partial charge in [0.15, 0.2) is 0 Å². The Kier molecular flexibility index (Phi) is 10.1. The summed E-state index contributed by atoms with van der Waals surface area (Å²) in [6.45, 7) is 21.3. The Morgan fingerprint density at radius 3 is 2.27 bits per heavy atom. The van der Waals surface area contributed by atoms with Gasteiger partial charge in [-0.3, -0.25) is 4.79 Å². The number of hydrogen-bond donors (Lipinski definition) is 1. The fourth-order valence-electron chi connectivity index (χ4n) is 6.19. The number of hydrogen-bond acceptors (Lipinski definition) is 3. The summed E-state index contributed by atoms with van der Waals surface area (Å²) >= 11 is 0. The molecule has 0 radical (unpaired) electrons. The van der Waals surface area contributed by atoms with Gasteiger partial charge < -0.3 is 10.2 Å². The van der Waals surface area contributed by atoms with Gasteiger partial charge in [0, 0.05) is 43.7 Å². The minimum atomic E-state index is -2.73. The summed E-state index contributed by atoms with van der Waals surface area (Å²) in [5.41, 5.74) is 3.57. The number of rotatable bonds is 10. The number of allylic oxidation sites excluding steroid dienone is 2. The number of carbonyl (C=O) groups excluding carboxylic acids is 1. The smallest absolute Gasteiger partial charge is 0.270 e. The molecule has 2 saturated carbocycles. The summed E-state index contributed by atoms with van der Waals surface area (Å²) in [5.74, 6) is 1.65. The van der Waals surface area contributed by atoms with E-state index in [0.717, 1.165) is 48.3 Å². The lowest BCUT2D eigenvalue weighted by Crippen LogP contribution is -2.33. The molecule has 3 nitrogen and oxygen atoms in total. The second-order valence-corrected chi connectivity index (χ2v) is 12.0. The molecule has 3 unspecified atom stereocenters. The van der Waals surface area contributed by atoms with Crippen molar-refractivity contribution < 1.29 is 13.6 Å². The fourth-order valence-corrected chi connectivity index (χ4v) is 6.19. The van der Waals surface area contributed by atoms with E-state index < -0.39 is 5.92 Å². The third kappa shape index (κ3) is 8.24. The lowest BCUT2D eigenvalue weighted by molar-refractivity contribution is -0.116. The van der Waals surface area contributed by atoms with Gasteiger partial charge in [-0.2, -0.15) is 0 Å². The number of nitrogens with zero attached hydrogens (tertiary/aromatic N) is 1. The number of likely N-dealkylation sites (tertiary alicyclic amines) is 1. The molecule has 1 aliphatic heterocycles. The number of piperidine rings is 1. The SMILES string of the molecule is C=C(C)C1CCC(CN2CC3C(C2)C3C(=C)NCC(C)=O)CC1.CCC(C)c1cccc(C(C)(F)F)c1. The van der Waals surface area contributed by atoms with Crippen molar-refractivity contribution in [2.24, 2.45) is 29.6 Å². The fraction of sp³-hybridized carbons (Fsp3) is 0.656. The summed E-state index contributed by atoms with van der Waals surface area (Å²) < 4.78 is 26.0. The molecule has 206 valence electrons. The topological polar surface area (TPSA) is 32.3 Å². The maximum absolute atomic E-state index is 13.0. The zero-order valence-electron chi connectivity index (χ0n) is 23.7. The summed E-state index contributed by atoms with van der Waals surface area (Å²) in [4.78, 5) is 13.7. The van der Waals surface area contributed by atoms with E-state index in [1.165, 1.54) is 57.0 Å². The molecule has 4 rings (SSSR count). The lowest BCUT2D eigenvalue weighted by atomic mass is 9.79. The number of carbonyl (C=O) groups is 1. The average molecular weight is 515 g/mol. The van der Waals surface area contributed by atoms with Crippen molar-refractivity contribution >= 4 is 5.78 Å². The van der Waals surface area contributed by atoms with Crippen LogP contribution < -0.4 is 5.32 Å². The van der Waals surface area contributed by atoms with Gasteiger partial charge >= 0.3 is 0 Å². The van der Waals surface area contributed by atoms with Crippen molar-refractivity contribution in [3.05, 3.63) is 59.8 Å². The molecule has 0 bridgehead atoms. The van der Waals surface area contributed by atoms with Crippen LogP contribution in [0.15, 0.2) is 48.7 Å². The molecule has 3 aliphatic rings. The van der Waals surface area contributed by atoms with E-state index in [1.807, 2.05) is 13.0 Å². The van der Waals surface area contributed by atoms with E-state index in [9.17, 15) is 13.6 Å². The molecule has 1 heterocycles. The molecule has 5 heteroatoms. The monoisotopic (exact) mass is 514 g/mol. The zero-order valence-corrected chi connectivity index (χ0v) is 23.7. The maximum Gasteiger partial charge on any atom is 0.270 e. The Bertz CT molecular complexity index is 932. The van der Waals surface area contributed by atoms with Gasteiger partial charge in [-0.15, -0.1) is 0 Å². The largest absolute Gasteiger partial charge is 0.382 e. The molecule has 1 aromatic carbocycles. The number of alkyl halides is 2. The number of fused-ring (bicyclic) bond motifs is 1. The Hall–Kier alpha value is -2.01. The zero-order chi connectivity index (χ0) is 27.3. The van der Waals surface area contributed by atoms with Crippen molar-refractivity contribution in [3.63, 3.8) is 0 Å². The number of benzene rings is 1. The molecule has 0 aromatic heterocycles. The highest BCUT2D eigenvalue weighted by Crippen LogP contribution is 2.54. The van der Waals surface area contributed by atoms with Gasteiger partial charge in [0.05, 0.1) is 6.54 Å². The van der Waals surface area contributed by atoms with Crippen LogP contribution in [-0.2, 0) is 10.7 Å². The van der Waals surface area contributed by atoms with Crippen LogP contribution >= 0.6 is 0 Å². The van der Waals surface area contributed by atoms with Gasteiger partial charge in [-0.05, 0) is 87.2 Å². The standard InChI is InChI=1S/C20H32N2O.C12H16F2/c1-13(2)17-7-5-16(6-8-17)10-22-11-18-19(12-22)20(18)15(4)21-9-14(3)23;1-4-9(2)10-6-5-7-11(8-10)12(3,13)14/h16-21H,1,4-12H2,2-3H3;5-9H,4H2,1-3H3. The minimum absolute atomic E-state index is 0.107. The molecule has 0 amide bonds. The predicted octanol–water partition coefficient (Wildman–Crippen LogP) is 7.55. The summed E-state index contributed by atoms with van der Waals surface area (Å²) in [5, 5.41) is 3.21. The van der Waals surface area contributed by atoms with Crippen molar-refractivity contribution in [1.82, 2.24) is 10.2 Å². The molecule has 1 N–H and O–H groups in total. The van der Waals surface area contributed by atoms with E-state index in [2.05, 4.69) is 37.2 Å². The van der Waals surface area contributed by atoms with Crippen LogP contribution in [-0.4, -0.2) is 36.9 Å². The predicted molar refractivity (Wildman–Crippen MR) is 150 cm³/mol. The molecule has 1 saturated heterocycles. The first kappa shape index (κ1) is 29.5. The summed E-state index contributed by atoms with van der Waals surface area (Å²) in [6, 6.07) is 6.69. The molecular formula is C32H48F2N2O. The van der Waals surface area contributed by atoms with E-state index >= 15 is 0 Å². The Morgan fingerprint density at radius 2 is 1.76 bits per heavy atom. The number of nitrogens with one attached hydrogen (secondary N) is 1. The molecule has 3 fully saturated rings. The van der Waals surface area contributed by atoms with E-state index in [0.29, 0.717) is 18.4 Å². The van der Waals surface area contributed by atoms with Crippen molar-refractivity contribution in [2.75, 3.05) is 26.2 Å². The van der Waals surface area contributed by atoms with Crippen LogP contribution in [0.2, 0.25) is 0 Å². The number of Topliss-reactive ketones (excluding diaryl/α,β-unsaturated/α-hetero) is 1. The van der Waals surface area contributed by atoms with Gasteiger partial charge in [-0.25, -0.2) is 8.78 Å². The van der Waals surface area contributed by atoms with Crippen LogP contribution in [0.3, 0.4) is 0 Å². The van der Waals surface area contributed by atoms with Gasteiger partial charge in [0.25, 0.3) is 5.92 Å². The number of ketones is 1. The van der Waals surface area contributed by atoms with E-state index in [4.69, 9.17) is 0 Å². The Balaban J connectivity index is 0.000000233. The molecule has 1 aromatic rings. The first-order valence-corrected chi connectivity index (χ1v) is 14.2. The molecule has 0 spiro atoms. The third-order valence-corrected chi connectivity index (χ3v) is 8.87. The van der Waals surface area contributed by atoms with Crippen LogP contribution in [0, 0.1) is 29.6 Å². The quantitative estimate of drug-likeness (QED) is 0.327. The van der Waals surface area contributed by atoms with Gasteiger partial charge in [-0.1, -0.05) is 50.8 Å². The number of halogens is 2. The van der Waals surface area contributed by atoms with Crippen molar-refractivity contribution in [3.8, 4) is 0 Å². The van der Waals surface area contributed by atoms with E-state index in [1.54, 1.807) is 19.1 Å². The van der Waals surface area contributed by atoms with Gasteiger partial charge in [0.1, 0.15) is 5.78 Å². The second kappa shape index (κ2) is 12.7. The summed E-state index contributed by atoms with van der Waals surface area (Å²) in [6.07, 6.45) is 6.41. The van der Waals surface area contributed by atoms with Crippen molar-refractivity contribution in [2.45, 2.75) is 78.6 Å². The first-order chi connectivity index (χ1) is 17.4. The van der Waals surface area contributed by atoms with Crippen LogP contribution in [0.25, 0.3) is 0 Å². The van der Waals surface area contributed by atoms with Crippen molar-refractivity contribution in [1.29, 1.82) is 0 Å². The Labute approximate surface area is 223 Å². The minimum Gasteiger partial charge on any atom is -0.382 e. The highest BCUT2D eigenvalue weighted by Gasteiger charge is 2.56. The summed E-state index contributed by atoms with van der Waals surface area (Å²) in [7, 11) is 0. The van der Waals surface area contributed by atoms with Crippen LogP contribution in [0.5, 0.6) is 0 Å². The highest BCUT2D eigenvalue weighted by atomic mass is 19.3. The Morgan fingerprint density at radius 1 is 1.14 bits per heavy atom. The first-order valence-electron chi connectivity index (χ1n) is 14.2. The molecular weight excluding hydrogens is 466 g/mol. The molecule has 3 atom stereocenters. The van der Waals surface area contributed by atoms with E-state index in [-0.39, 0.29) is 11.3 Å². The maximum atomic E-state index is 13.0. The average Bonchev–Trinajstić information content (AvgIpc) is 3.37. The molecule has 2 aliphatic carbocycles. The third-order valence-electron chi connectivity index (χ3n) is 8.87. The molecule has 37 heavy (non-hydrogen) atoms. The normalized spacial score (nSPS) is 27.9. The second-order valence-electron chi connectivity index (χ2n) is 12.0. The van der Waals surface area contributed by atoms with Crippen LogP contribution in [0.1, 0.15) is 83.8 Å². The lowest BCUT2D eigenvalue weighted by Gasteiger charge is -2.32. The van der Waals surface area contributed by atoms with Crippen LogP contribution in [0.4, 0.5) is 8.78 Å².